The number of carbonyl (C=O) groups excluding carboxylic acids is 1. The van der Waals surface area contributed by atoms with Crippen LogP contribution in [0.2, 0.25) is 5.02 Å². The fourth-order valence-corrected chi connectivity index (χ4v) is 1.74. The first-order valence-electron chi connectivity index (χ1n) is 5.03. The van der Waals surface area contributed by atoms with Gasteiger partial charge >= 0.3 is 5.97 Å². The second kappa shape index (κ2) is 5.19. The summed E-state index contributed by atoms with van der Waals surface area (Å²) in [6.45, 7) is 3.85. The van der Waals surface area contributed by atoms with Crippen molar-refractivity contribution in [3.05, 3.63) is 28.3 Å². The van der Waals surface area contributed by atoms with Crippen molar-refractivity contribution >= 4 is 23.4 Å². The number of rotatable bonds is 4. The highest BCUT2D eigenvalue weighted by atomic mass is 35.5. The van der Waals surface area contributed by atoms with Crippen molar-refractivity contribution in [2.45, 2.75) is 19.8 Å². The van der Waals surface area contributed by atoms with Gasteiger partial charge in [-0.05, 0) is 23.6 Å². The molecule has 0 saturated carbocycles. The smallest absolute Gasteiger partial charge is 0.377 e. The average Bonchev–Trinajstić information content (AvgIpc) is 2.26. The second-order valence-corrected chi connectivity index (χ2v) is 4.28. The Bertz CT molecular complexity index is 466. The summed E-state index contributed by atoms with van der Waals surface area (Å²) in [6.07, 6.45) is 0. The molecule has 1 aromatic rings. The van der Waals surface area contributed by atoms with Gasteiger partial charge in [-0.3, -0.25) is 4.79 Å². The van der Waals surface area contributed by atoms with Crippen LogP contribution in [0.15, 0.2) is 12.1 Å². The van der Waals surface area contributed by atoms with Gasteiger partial charge in [-0.15, -0.1) is 0 Å². The molecule has 0 radical (unpaired) electrons. The average molecular weight is 257 g/mol. The van der Waals surface area contributed by atoms with Gasteiger partial charge in [0.2, 0.25) is 0 Å². The molecule has 1 aromatic carbocycles. The zero-order valence-electron chi connectivity index (χ0n) is 9.78. The fraction of sp³-hybridized carbons (Fsp3) is 0.333. The first kappa shape index (κ1) is 13.5. The third-order valence-electron chi connectivity index (χ3n) is 2.38. The normalized spacial score (nSPS) is 10.4. The number of hydrogen-bond acceptors (Lipinski definition) is 3. The molecule has 0 heterocycles. The number of Topliss-reactive ketones (excluding diaryl/α,β-unsaturated/α-hetero) is 1. The highest BCUT2D eigenvalue weighted by Crippen LogP contribution is 2.33. The van der Waals surface area contributed by atoms with Crippen LogP contribution in [0.3, 0.4) is 0 Å². The summed E-state index contributed by atoms with van der Waals surface area (Å²) < 4.78 is 4.97. The van der Waals surface area contributed by atoms with Crippen LogP contribution in [0, 0.1) is 0 Å². The Hall–Kier alpha value is -1.55. The van der Waals surface area contributed by atoms with Crippen molar-refractivity contribution in [1.82, 2.24) is 0 Å². The monoisotopic (exact) mass is 256 g/mol. The third kappa shape index (κ3) is 2.77. The van der Waals surface area contributed by atoms with Crippen molar-refractivity contribution in [1.29, 1.82) is 0 Å². The Morgan fingerprint density at radius 2 is 1.94 bits per heavy atom. The van der Waals surface area contributed by atoms with Gasteiger partial charge in [0.1, 0.15) is 5.75 Å². The predicted octanol–water partition coefficient (Wildman–Crippen LogP) is 2.74. The first-order chi connectivity index (χ1) is 7.88. The van der Waals surface area contributed by atoms with Gasteiger partial charge in [-0.25, -0.2) is 4.79 Å². The van der Waals surface area contributed by atoms with Gasteiger partial charge in [-0.1, -0.05) is 25.4 Å². The quantitative estimate of drug-likeness (QED) is 0.665. The fourth-order valence-electron chi connectivity index (χ4n) is 1.44. The maximum absolute atomic E-state index is 11.5. The molecule has 92 valence electrons. The molecule has 1 N–H and O–H groups in total. The largest absolute Gasteiger partial charge is 0.494 e. The standard InChI is InChI=1S/C12H13ClO4/c1-6(2)7-4-8(10(14)12(15)16)11(17-3)9(13)5-7/h4-6H,1-3H3,(H,15,16). The van der Waals surface area contributed by atoms with Crippen molar-refractivity contribution in [2.24, 2.45) is 0 Å². The van der Waals surface area contributed by atoms with Crippen molar-refractivity contribution in [2.75, 3.05) is 7.11 Å². The summed E-state index contributed by atoms with van der Waals surface area (Å²) in [5.74, 6) is -2.31. The molecule has 0 atom stereocenters. The molecular formula is C12H13ClO4. The van der Waals surface area contributed by atoms with Gasteiger partial charge in [-0.2, -0.15) is 0 Å². The van der Waals surface area contributed by atoms with E-state index in [-0.39, 0.29) is 22.3 Å². The molecule has 0 bridgehead atoms. The van der Waals surface area contributed by atoms with Gasteiger partial charge in [0, 0.05) is 0 Å². The Kier molecular flexibility index (Phi) is 4.12. The van der Waals surface area contributed by atoms with E-state index < -0.39 is 11.8 Å². The molecule has 17 heavy (non-hydrogen) atoms. The maximum atomic E-state index is 11.5. The van der Waals surface area contributed by atoms with E-state index in [1.54, 1.807) is 6.07 Å². The minimum Gasteiger partial charge on any atom is -0.494 e. The number of ketones is 1. The molecule has 0 aliphatic carbocycles. The number of carbonyl (C=O) groups is 2. The summed E-state index contributed by atoms with van der Waals surface area (Å²) >= 11 is 5.96. The van der Waals surface area contributed by atoms with E-state index in [2.05, 4.69) is 0 Å². The SMILES string of the molecule is COc1c(Cl)cc(C(C)C)cc1C(=O)C(=O)O. The zero-order chi connectivity index (χ0) is 13.2. The lowest BCUT2D eigenvalue weighted by Gasteiger charge is -2.12. The number of carboxylic acids is 1. The second-order valence-electron chi connectivity index (χ2n) is 3.87. The lowest BCUT2D eigenvalue weighted by atomic mass is 9.98. The zero-order valence-corrected chi connectivity index (χ0v) is 10.5. The molecule has 0 aromatic heterocycles. The third-order valence-corrected chi connectivity index (χ3v) is 2.66. The summed E-state index contributed by atoms with van der Waals surface area (Å²) in [4.78, 5) is 22.2. The van der Waals surface area contributed by atoms with Gasteiger partial charge in [0.25, 0.3) is 5.78 Å². The summed E-state index contributed by atoms with van der Waals surface area (Å²) in [5, 5.41) is 8.97. The van der Waals surface area contributed by atoms with Crippen molar-refractivity contribution in [3.8, 4) is 5.75 Å². The molecule has 4 nitrogen and oxygen atoms in total. The topological polar surface area (TPSA) is 63.6 Å². The van der Waals surface area contributed by atoms with E-state index >= 15 is 0 Å². The Morgan fingerprint density at radius 3 is 2.35 bits per heavy atom. The van der Waals surface area contributed by atoms with E-state index in [1.807, 2.05) is 13.8 Å². The van der Waals surface area contributed by atoms with Crippen LogP contribution in [0.1, 0.15) is 35.7 Å². The van der Waals surface area contributed by atoms with E-state index in [9.17, 15) is 9.59 Å². The highest BCUT2D eigenvalue weighted by Gasteiger charge is 2.22. The van der Waals surface area contributed by atoms with Crippen LogP contribution in [-0.4, -0.2) is 24.0 Å². The van der Waals surface area contributed by atoms with E-state index in [0.29, 0.717) is 0 Å². The molecule has 0 unspecified atom stereocenters. The lowest BCUT2D eigenvalue weighted by Crippen LogP contribution is -2.14. The number of ether oxygens (including phenoxy) is 1. The van der Waals surface area contributed by atoms with E-state index in [0.717, 1.165) is 5.56 Å². The number of methoxy groups -OCH3 is 1. The van der Waals surface area contributed by atoms with Crippen LogP contribution in [0.4, 0.5) is 0 Å². The Labute approximate surface area is 104 Å². The number of hydrogen-bond donors (Lipinski definition) is 1. The van der Waals surface area contributed by atoms with Gasteiger partial charge < -0.3 is 9.84 Å². The number of carboxylic acid groups (broad SMARTS) is 1. The molecule has 5 heteroatoms. The number of benzene rings is 1. The van der Waals surface area contributed by atoms with Crippen molar-refractivity contribution in [3.63, 3.8) is 0 Å². The van der Waals surface area contributed by atoms with E-state index in [4.69, 9.17) is 21.4 Å². The Morgan fingerprint density at radius 1 is 1.35 bits per heavy atom. The van der Waals surface area contributed by atoms with Crippen LogP contribution in [-0.2, 0) is 4.79 Å². The van der Waals surface area contributed by atoms with Gasteiger partial charge in [0.05, 0.1) is 17.7 Å². The molecular weight excluding hydrogens is 244 g/mol. The first-order valence-corrected chi connectivity index (χ1v) is 5.41. The Balaban J connectivity index is 3.44. The minimum atomic E-state index is -1.53. The maximum Gasteiger partial charge on any atom is 0.377 e. The highest BCUT2D eigenvalue weighted by molar-refractivity contribution is 6.42. The molecule has 0 aliphatic rings. The lowest BCUT2D eigenvalue weighted by molar-refractivity contribution is -0.131. The molecule has 0 aliphatic heterocycles. The predicted molar refractivity (Wildman–Crippen MR) is 64.1 cm³/mol. The van der Waals surface area contributed by atoms with Crippen LogP contribution in [0.25, 0.3) is 0 Å². The van der Waals surface area contributed by atoms with Crippen LogP contribution >= 0.6 is 11.6 Å². The summed E-state index contributed by atoms with van der Waals surface area (Å²) in [5.41, 5.74) is 0.775. The van der Waals surface area contributed by atoms with Crippen LogP contribution in [0.5, 0.6) is 5.75 Å². The van der Waals surface area contributed by atoms with Crippen LogP contribution < -0.4 is 4.74 Å². The minimum absolute atomic E-state index is 0.0174. The molecule has 0 amide bonds. The molecule has 0 saturated heterocycles. The molecule has 1 rings (SSSR count). The van der Waals surface area contributed by atoms with Gasteiger partial charge in [0.15, 0.2) is 0 Å². The number of halogens is 1. The molecule has 0 spiro atoms. The summed E-state index contributed by atoms with van der Waals surface area (Å²) in [6, 6.07) is 3.18. The van der Waals surface area contributed by atoms with Crippen molar-refractivity contribution < 1.29 is 19.4 Å². The van der Waals surface area contributed by atoms with E-state index in [1.165, 1.54) is 13.2 Å². The molecule has 0 fully saturated rings. The summed E-state index contributed by atoms with van der Waals surface area (Å²) in [7, 11) is 1.34. The number of aliphatic carboxylic acids is 1.